The summed E-state index contributed by atoms with van der Waals surface area (Å²) < 4.78 is 13.0. The molecule has 2 heterocycles. The average Bonchev–Trinajstić information content (AvgIpc) is 3.08. The Bertz CT molecular complexity index is 911. The summed E-state index contributed by atoms with van der Waals surface area (Å²) in [4.78, 5) is 19.7. The second-order valence-electron chi connectivity index (χ2n) is 6.69. The second-order valence-corrected chi connectivity index (χ2v) is 7.81. The lowest BCUT2D eigenvalue weighted by Gasteiger charge is -2.40. The van der Waals surface area contributed by atoms with Crippen molar-refractivity contribution in [1.82, 2.24) is 9.88 Å². The predicted molar refractivity (Wildman–Crippen MR) is 106 cm³/mol. The van der Waals surface area contributed by atoms with E-state index in [1.807, 2.05) is 23.1 Å². The molecule has 3 aromatic rings. The number of thiazole rings is 1. The third-order valence-electron chi connectivity index (χ3n) is 4.78. The number of carbonyl (C=O) groups excluding carboxylic acids is 1. The van der Waals surface area contributed by atoms with E-state index >= 15 is 0 Å². The number of nitrogens with one attached hydrogen (secondary N) is 1. The zero-order chi connectivity index (χ0) is 18.6. The number of benzene rings is 2. The topological polar surface area (TPSA) is 45.2 Å². The van der Waals surface area contributed by atoms with Crippen LogP contribution >= 0.6 is 11.3 Å². The molecule has 0 bridgehead atoms. The van der Waals surface area contributed by atoms with Crippen LogP contribution in [0.4, 0.5) is 14.3 Å². The molecule has 1 N–H and O–H groups in total. The van der Waals surface area contributed by atoms with Gasteiger partial charge >= 0.3 is 6.03 Å². The van der Waals surface area contributed by atoms with Gasteiger partial charge in [-0.25, -0.2) is 14.2 Å². The predicted octanol–water partition coefficient (Wildman–Crippen LogP) is 4.72. The molecule has 0 aliphatic carbocycles. The Hall–Kier alpha value is -2.73. The number of aromatic nitrogens is 1. The molecule has 1 aromatic heterocycles. The zero-order valence-electron chi connectivity index (χ0n) is 14.8. The minimum Gasteiger partial charge on any atom is -0.321 e. The first kappa shape index (κ1) is 17.7. The van der Waals surface area contributed by atoms with Crippen LogP contribution in [0.3, 0.4) is 0 Å². The van der Waals surface area contributed by atoms with Gasteiger partial charge in [-0.1, -0.05) is 42.5 Å². The van der Waals surface area contributed by atoms with E-state index in [4.69, 9.17) is 0 Å². The Morgan fingerprint density at radius 2 is 1.93 bits per heavy atom. The Kier molecular flexibility index (Phi) is 5.16. The molecule has 0 radical (unpaired) electrons. The largest absolute Gasteiger partial charge is 0.323 e. The summed E-state index contributed by atoms with van der Waals surface area (Å²) in [6.45, 7) is 0.775. The minimum atomic E-state index is -0.240. The Morgan fingerprint density at radius 1 is 1.15 bits per heavy atom. The summed E-state index contributed by atoms with van der Waals surface area (Å²) in [5.41, 5.74) is 2.26. The molecule has 1 aliphatic rings. The molecule has 1 unspecified atom stereocenters. The summed E-state index contributed by atoms with van der Waals surface area (Å²) in [6.07, 6.45) is 4.34. The SMILES string of the molecule is O=C(Nc1ncc(Cc2ccc(F)cc2)s1)N1CCC1Cc1ccccc1. The van der Waals surface area contributed by atoms with Crippen molar-refractivity contribution in [2.75, 3.05) is 11.9 Å². The highest BCUT2D eigenvalue weighted by atomic mass is 32.1. The first-order chi connectivity index (χ1) is 13.2. The van der Waals surface area contributed by atoms with Crippen LogP contribution in [0.5, 0.6) is 0 Å². The van der Waals surface area contributed by atoms with Crippen LogP contribution in [0.25, 0.3) is 0 Å². The molecular formula is C21H20FN3OS. The van der Waals surface area contributed by atoms with Crippen LogP contribution in [0, 0.1) is 5.82 Å². The molecule has 1 atom stereocenters. The number of rotatable bonds is 5. The number of nitrogens with zero attached hydrogens (tertiary/aromatic N) is 2. The summed E-state index contributed by atoms with van der Waals surface area (Å²) in [6, 6.07) is 16.8. The van der Waals surface area contributed by atoms with Crippen LogP contribution in [-0.4, -0.2) is 28.5 Å². The minimum absolute atomic E-state index is 0.0927. The normalized spacial score (nSPS) is 16.0. The van der Waals surface area contributed by atoms with Crippen molar-refractivity contribution in [3.05, 3.63) is 82.6 Å². The van der Waals surface area contributed by atoms with Gasteiger partial charge < -0.3 is 4.90 Å². The zero-order valence-corrected chi connectivity index (χ0v) is 15.6. The van der Waals surface area contributed by atoms with Gasteiger partial charge in [0, 0.05) is 30.1 Å². The Labute approximate surface area is 161 Å². The summed E-state index contributed by atoms with van der Waals surface area (Å²) >= 11 is 1.45. The van der Waals surface area contributed by atoms with Gasteiger partial charge in [0.1, 0.15) is 5.82 Å². The number of halogens is 1. The van der Waals surface area contributed by atoms with Crippen LogP contribution in [0.1, 0.15) is 22.4 Å². The maximum Gasteiger partial charge on any atom is 0.323 e. The van der Waals surface area contributed by atoms with E-state index in [9.17, 15) is 9.18 Å². The number of hydrogen-bond acceptors (Lipinski definition) is 3. The van der Waals surface area contributed by atoms with Gasteiger partial charge in [-0.05, 0) is 36.1 Å². The fraction of sp³-hybridized carbons (Fsp3) is 0.238. The molecule has 4 nitrogen and oxygen atoms in total. The molecule has 0 saturated carbocycles. The number of anilines is 1. The maximum absolute atomic E-state index is 13.0. The van der Waals surface area contributed by atoms with E-state index in [2.05, 4.69) is 22.4 Å². The lowest BCUT2D eigenvalue weighted by molar-refractivity contribution is 0.125. The first-order valence-corrected chi connectivity index (χ1v) is 9.80. The van der Waals surface area contributed by atoms with Gasteiger partial charge in [0.25, 0.3) is 0 Å². The van der Waals surface area contributed by atoms with Crippen molar-refractivity contribution in [3.63, 3.8) is 0 Å². The van der Waals surface area contributed by atoms with E-state index in [0.29, 0.717) is 11.6 Å². The van der Waals surface area contributed by atoms with Gasteiger partial charge in [0.15, 0.2) is 5.13 Å². The number of amides is 2. The molecule has 27 heavy (non-hydrogen) atoms. The highest BCUT2D eigenvalue weighted by Crippen LogP contribution is 2.25. The third-order valence-corrected chi connectivity index (χ3v) is 5.69. The average molecular weight is 381 g/mol. The monoisotopic (exact) mass is 381 g/mol. The second kappa shape index (κ2) is 7.88. The third kappa shape index (κ3) is 4.34. The number of carbonyl (C=O) groups is 1. The fourth-order valence-electron chi connectivity index (χ4n) is 3.22. The van der Waals surface area contributed by atoms with Gasteiger partial charge in [0.2, 0.25) is 0 Å². The van der Waals surface area contributed by atoms with E-state index in [1.165, 1.54) is 29.0 Å². The van der Waals surface area contributed by atoms with Crippen LogP contribution < -0.4 is 5.32 Å². The molecule has 1 saturated heterocycles. The number of hydrogen-bond donors (Lipinski definition) is 1. The van der Waals surface area contributed by atoms with Crippen molar-refractivity contribution in [1.29, 1.82) is 0 Å². The number of urea groups is 1. The van der Waals surface area contributed by atoms with Gasteiger partial charge in [-0.15, -0.1) is 11.3 Å². The maximum atomic E-state index is 13.0. The van der Waals surface area contributed by atoms with E-state index < -0.39 is 0 Å². The molecule has 138 valence electrons. The molecule has 6 heteroatoms. The summed E-state index contributed by atoms with van der Waals surface area (Å²) in [5.74, 6) is -0.240. The lowest BCUT2D eigenvalue weighted by Crippen LogP contribution is -2.53. The van der Waals surface area contributed by atoms with Crippen LogP contribution in [-0.2, 0) is 12.8 Å². The molecule has 4 rings (SSSR count). The number of likely N-dealkylation sites (tertiary alicyclic amines) is 1. The lowest BCUT2D eigenvalue weighted by atomic mass is 9.96. The Balaban J connectivity index is 1.33. The molecule has 1 aliphatic heterocycles. The van der Waals surface area contributed by atoms with Gasteiger partial charge in [-0.3, -0.25) is 5.32 Å². The van der Waals surface area contributed by atoms with Crippen molar-refractivity contribution < 1.29 is 9.18 Å². The van der Waals surface area contributed by atoms with Crippen molar-refractivity contribution in [3.8, 4) is 0 Å². The highest BCUT2D eigenvalue weighted by molar-refractivity contribution is 7.15. The van der Waals surface area contributed by atoms with E-state index in [1.54, 1.807) is 18.3 Å². The highest BCUT2D eigenvalue weighted by Gasteiger charge is 2.32. The first-order valence-electron chi connectivity index (χ1n) is 8.98. The Morgan fingerprint density at radius 3 is 2.63 bits per heavy atom. The van der Waals surface area contributed by atoms with E-state index in [-0.39, 0.29) is 17.9 Å². The van der Waals surface area contributed by atoms with Crippen molar-refractivity contribution in [2.45, 2.75) is 25.3 Å². The van der Waals surface area contributed by atoms with Crippen LogP contribution in [0.2, 0.25) is 0 Å². The summed E-state index contributed by atoms with van der Waals surface area (Å²) in [7, 11) is 0. The molecule has 2 aromatic carbocycles. The molecule has 1 fully saturated rings. The van der Waals surface area contributed by atoms with Gasteiger partial charge in [0.05, 0.1) is 0 Å². The fourth-order valence-corrected chi connectivity index (χ4v) is 4.06. The molecule has 2 amide bonds. The van der Waals surface area contributed by atoms with Crippen molar-refractivity contribution in [2.24, 2.45) is 0 Å². The van der Waals surface area contributed by atoms with Gasteiger partial charge in [-0.2, -0.15) is 0 Å². The molecule has 0 spiro atoms. The smallest absolute Gasteiger partial charge is 0.321 e. The molecular weight excluding hydrogens is 361 g/mol. The quantitative estimate of drug-likeness (QED) is 0.695. The van der Waals surface area contributed by atoms with E-state index in [0.717, 1.165) is 29.8 Å². The van der Waals surface area contributed by atoms with Crippen LogP contribution in [0.15, 0.2) is 60.8 Å². The standard InChI is InChI=1S/C21H20FN3OS/c22-17-8-6-16(7-9-17)13-19-14-23-20(27-19)24-21(26)25-11-10-18(25)12-15-4-2-1-3-5-15/h1-9,14,18H,10-13H2,(H,23,24,26). The summed E-state index contributed by atoms with van der Waals surface area (Å²) in [5, 5.41) is 3.51. The van der Waals surface area contributed by atoms with Crippen molar-refractivity contribution >= 4 is 22.5 Å².